The van der Waals surface area contributed by atoms with E-state index in [-0.39, 0.29) is 12.3 Å². The Morgan fingerprint density at radius 2 is 2.64 bits per heavy atom. The van der Waals surface area contributed by atoms with Gasteiger partial charge in [0, 0.05) is 7.11 Å². The van der Waals surface area contributed by atoms with E-state index in [1.54, 1.807) is 0 Å². The lowest BCUT2D eigenvalue weighted by Crippen LogP contribution is -2.11. The summed E-state index contributed by atoms with van der Waals surface area (Å²) in [4.78, 5) is 14.2. The fourth-order valence-electron chi connectivity index (χ4n) is 0.614. The summed E-state index contributed by atoms with van der Waals surface area (Å²) in [5.41, 5.74) is 5.04. The lowest BCUT2D eigenvalue weighted by Gasteiger charge is -1.87. The number of hydrogen-bond acceptors (Lipinski definition) is 4. The maximum atomic E-state index is 10.5. The average molecular weight is 156 g/mol. The molecule has 0 bridgehead atoms. The van der Waals surface area contributed by atoms with E-state index in [0.29, 0.717) is 5.89 Å². The van der Waals surface area contributed by atoms with Gasteiger partial charge >= 0.3 is 0 Å². The van der Waals surface area contributed by atoms with Crippen molar-refractivity contribution in [2.75, 3.05) is 7.11 Å². The first-order chi connectivity index (χ1) is 5.24. The third-order valence-electron chi connectivity index (χ3n) is 1.07. The van der Waals surface area contributed by atoms with Crippen LogP contribution in [0.5, 0.6) is 0 Å². The number of ether oxygens (including phenoxy) is 1. The molecule has 0 atom stereocenters. The average Bonchev–Trinajstić information content (AvgIpc) is 2.37. The quantitative estimate of drug-likeness (QED) is 0.663. The lowest BCUT2D eigenvalue weighted by molar-refractivity contribution is 0.0995. The van der Waals surface area contributed by atoms with E-state index in [0.717, 1.165) is 0 Å². The second-order valence-corrected chi connectivity index (χ2v) is 1.92. The molecule has 5 nitrogen and oxygen atoms in total. The van der Waals surface area contributed by atoms with Gasteiger partial charge in [-0.15, -0.1) is 0 Å². The minimum atomic E-state index is -0.601. The molecule has 0 radical (unpaired) electrons. The number of nitrogens with two attached hydrogens (primary N) is 1. The number of hydrogen-bond donors (Lipinski definition) is 1. The van der Waals surface area contributed by atoms with Crippen molar-refractivity contribution in [2.45, 2.75) is 6.61 Å². The summed E-state index contributed by atoms with van der Waals surface area (Å²) in [6, 6.07) is 0. The van der Waals surface area contributed by atoms with Crippen LogP contribution in [0.4, 0.5) is 0 Å². The van der Waals surface area contributed by atoms with Crippen LogP contribution in [0.25, 0.3) is 0 Å². The van der Waals surface area contributed by atoms with E-state index in [1.807, 2.05) is 0 Å². The molecule has 0 unspecified atom stereocenters. The van der Waals surface area contributed by atoms with Crippen LogP contribution in [0.1, 0.15) is 16.4 Å². The van der Waals surface area contributed by atoms with Crippen molar-refractivity contribution in [1.29, 1.82) is 0 Å². The number of rotatable bonds is 3. The molecule has 1 aromatic heterocycles. The van der Waals surface area contributed by atoms with Crippen molar-refractivity contribution in [1.82, 2.24) is 4.98 Å². The van der Waals surface area contributed by atoms with Gasteiger partial charge in [-0.1, -0.05) is 0 Å². The van der Waals surface area contributed by atoms with Crippen molar-refractivity contribution >= 4 is 5.91 Å². The summed E-state index contributed by atoms with van der Waals surface area (Å²) in [5, 5.41) is 0. The fourth-order valence-corrected chi connectivity index (χ4v) is 0.614. The molecule has 1 heterocycles. The maximum absolute atomic E-state index is 10.5. The Kier molecular flexibility index (Phi) is 2.22. The van der Waals surface area contributed by atoms with Gasteiger partial charge in [-0.05, 0) is 0 Å². The second-order valence-electron chi connectivity index (χ2n) is 1.92. The standard InChI is InChI=1S/C6H8N2O3/c1-10-3-5-8-4(2-11-5)6(7)9/h2H,3H2,1H3,(H2,7,9). The van der Waals surface area contributed by atoms with Crippen LogP contribution in [-0.4, -0.2) is 18.0 Å². The Labute approximate surface area is 63.2 Å². The molecule has 1 aromatic rings. The second kappa shape index (κ2) is 3.16. The van der Waals surface area contributed by atoms with Gasteiger partial charge in [-0.2, -0.15) is 0 Å². The molecule has 0 aromatic carbocycles. The summed E-state index contributed by atoms with van der Waals surface area (Å²) < 4.78 is 9.54. The SMILES string of the molecule is COCc1nc(C(N)=O)co1. The van der Waals surface area contributed by atoms with Gasteiger partial charge in [0.2, 0.25) is 5.89 Å². The van der Waals surface area contributed by atoms with Crippen LogP contribution < -0.4 is 5.73 Å². The molecule has 0 saturated carbocycles. The molecule has 0 aliphatic rings. The molecule has 1 rings (SSSR count). The number of primary amides is 1. The minimum absolute atomic E-state index is 0.122. The topological polar surface area (TPSA) is 78.4 Å². The van der Waals surface area contributed by atoms with Crippen LogP contribution in [-0.2, 0) is 11.3 Å². The molecule has 2 N–H and O–H groups in total. The Morgan fingerprint density at radius 3 is 3.09 bits per heavy atom. The van der Waals surface area contributed by atoms with E-state index >= 15 is 0 Å². The van der Waals surface area contributed by atoms with Crippen LogP contribution in [0.15, 0.2) is 10.7 Å². The normalized spacial score (nSPS) is 9.91. The maximum Gasteiger partial charge on any atom is 0.270 e. The van der Waals surface area contributed by atoms with Crippen LogP contribution >= 0.6 is 0 Å². The molecule has 0 fully saturated rings. The molecule has 0 aliphatic carbocycles. The summed E-state index contributed by atoms with van der Waals surface area (Å²) in [7, 11) is 1.51. The molecule has 0 spiro atoms. The number of nitrogens with zero attached hydrogens (tertiary/aromatic N) is 1. The van der Waals surface area contributed by atoms with Gasteiger partial charge in [0.05, 0.1) is 0 Å². The zero-order valence-corrected chi connectivity index (χ0v) is 6.03. The monoisotopic (exact) mass is 156 g/mol. The molecule has 11 heavy (non-hydrogen) atoms. The van der Waals surface area contributed by atoms with Crippen molar-refractivity contribution in [3.05, 3.63) is 17.8 Å². The van der Waals surface area contributed by atoms with Crippen molar-refractivity contribution in [2.24, 2.45) is 5.73 Å². The summed E-state index contributed by atoms with van der Waals surface area (Å²) in [6.07, 6.45) is 1.21. The summed E-state index contributed by atoms with van der Waals surface area (Å²) >= 11 is 0. The van der Waals surface area contributed by atoms with Crippen LogP contribution in [0.3, 0.4) is 0 Å². The number of aromatic nitrogens is 1. The molecule has 5 heteroatoms. The zero-order valence-electron chi connectivity index (χ0n) is 6.03. The van der Waals surface area contributed by atoms with Gasteiger partial charge in [-0.25, -0.2) is 4.98 Å². The Morgan fingerprint density at radius 1 is 1.91 bits per heavy atom. The minimum Gasteiger partial charge on any atom is -0.446 e. The van der Waals surface area contributed by atoms with E-state index in [2.05, 4.69) is 4.98 Å². The molecule has 60 valence electrons. The summed E-state index contributed by atoms with van der Waals surface area (Å²) in [6.45, 7) is 0.243. The van der Waals surface area contributed by atoms with E-state index in [9.17, 15) is 4.79 Å². The highest BCUT2D eigenvalue weighted by Crippen LogP contribution is 2.01. The number of oxazole rings is 1. The molecular weight excluding hydrogens is 148 g/mol. The smallest absolute Gasteiger partial charge is 0.270 e. The van der Waals surface area contributed by atoms with E-state index < -0.39 is 5.91 Å². The first kappa shape index (κ1) is 7.74. The van der Waals surface area contributed by atoms with Gasteiger partial charge in [-0.3, -0.25) is 4.79 Å². The van der Waals surface area contributed by atoms with Crippen molar-refractivity contribution in [3.8, 4) is 0 Å². The van der Waals surface area contributed by atoms with Crippen molar-refractivity contribution in [3.63, 3.8) is 0 Å². The number of methoxy groups -OCH3 is 1. The highest BCUT2D eigenvalue weighted by atomic mass is 16.5. The molecule has 0 saturated heterocycles. The van der Waals surface area contributed by atoms with Crippen LogP contribution in [0.2, 0.25) is 0 Å². The third-order valence-corrected chi connectivity index (χ3v) is 1.07. The molecule has 0 aliphatic heterocycles. The fraction of sp³-hybridized carbons (Fsp3) is 0.333. The zero-order chi connectivity index (χ0) is 8.27. The Bertz CT molecular complexity index is 256. The van der Waals surface area contributed by atoms with Gasteiger partial charge in [0.1, 0.15) is 12.9 Å². The molecular formula is C6H8N2O3. The van der Waals surface area contributed by atoms with E-state index in [1.165, 1.54) is 13.4 Å². The van der Waals surface area contributed by atoms with Crippen LogP contribution in [0, 0.1) is 0 Å². The van der Waals surface area contributed by atoms with Gasteiger partial charge < -0.3 is 14.9 Å². The lowest BCUT2D eigenvalue weighted by atomic mass is 10.5. The number of carbonyl (C=O) groups excluding carboxylic acids is 1. The largest absolute Gasteiger partial charge is 0.446 e. The summed E-state index contributed by atoms with van der Waals surface area (Å²) in [5.74, 6) is -0.252. The highest BCUT2D eigenvalue weighted by molar-refractivity contribution is 5.90. The van der Waals surface area contributed by atoms with E-state index in [4.69, 9.17) is 14.9 Å². The van der Waals surface area contributed by atoms with Crippen molar-refractivity contribution < 1.29 is 13.9 Å². The number of amides is 1. The predicted octanol–water partition coefficient (Wildman–Crippen LogP) is -0.0801. The first-order valence-corrected chi connectivity index (χ1v) is 2.97. The molecule has 1 amide bonds. The third kappa shape index (κ3) is 1.78. The Balaban J connectivity index is 2.73. The number of carbonyl (C=O) groups is 1. The predicted molar refractivity (Wildman–Crippen MR) is 35.7 cm³/mol. The van der Waals surface area contributed by atoms with Gasteiger partial charge in [0.25, 0.3) is 5.91 Å². The highest BCUT2D eigenvalue weighted by Gasteiger charge is 2.07. The Hall–Kier alpha value is -1.36. The first-order valence-electron chi connectivity index (χ1n) is 2.97. The van der Waals surface area contributed by atoms with Gasteiger partial charge in [0.15, 0.2) is 5.69 Å².